The van der Waals surface area contributed by atoms with Crippen LogP contribution in [-0.2, 0) is 25.7 Å². The number of hydrogen-bond donors (Lipinski definition) is 2. The monoisotopic (exact) mass is 486 g/mol. The quantitative estimate of drug-likeness (QED) is 0.498. The summed E-state index contributed by atoms with van der Waals surface area (Å²) < 4.78 is 10.7. The zero-order chi connectivity index (χ0) is 25.1. The van der Waals surface area contributed by atoms with Crippen molar-refractivity contribution in [2.75, 3.05) is 19.7 Å². The third kappa shape index (κ3) is 4.81. The van der Waals surface area contributed by atoms with Gasteiger partial charge in [0.25, 0.3) is 0 Å². The summed E-state index contributed by atoms with van der Waals surface area (Å²) in [6, 6.07) is 24.0. The molecule has 8 heteroatoms. The van der Waals surface area contributed by atoms with Crippen molar-refractivity contribution in [3.63, 3.8) is 0 Å². The van der Waals surface area contributed by atoms with Gasteiger partial charge in [-0.15, -0.1) is 0 Å². The van der Waals surface area contributed by atoms with E-state index in [9.17, 15) is 19.5 Å². The van der Waals surface area contributed by atoms with Gasteiger partial charge in [0.2, 0.25) is 5.91 Å². The van der Waals surface area contributed by atoms with Gasteiger partial charge in [-0.1, -0.05) is 78.9 Å². The zero-order valence-corrected chi connectivity index (χ0v) is 19.5. The van der Waals surface area contributed by atoms with Crippen LogP contribution in [-0.4, -0.2) is 59.8 Å². The highest BCUT2D eigenvalue weighted by atomic mass is 16.5. The fourth-order valence-corrected chi connectivity index (χ4v) is 4.79. The van der Waals surface area contributed by atoms with Gasteiger partial charge in [-0.2, -0.15) is 0 Å². The van der Waals surface area contributed by atoms with E-state index in [2.05, 4.69) is 5.32 Å². The van der Waals surface area contributed by atoms with Gasteiger partial charge in [0.05, 0.1) is 0 Å². The number of alkyl carbamates (subject to hydrolysis) is 1. The van der Waals surface area contributed by atoms with Crippen LogP contribution in [0.15, 0.2) is 78.9 Å². The molecule has 0 spiro atoms. The average molecular weight is 487 g/mol. The Balaban J connectivity index is 1.15. The molecule has 1 aliphatic heterocycles. The molecule has 0 aromatic heterocycles. The number of likely N-dealkylation sites (tertiary alicyclic amines) is 1. The number of benzene rings is 3. The number of aliphatic hydroxyl groups is 1. The van der Waals surface area contributed by atoms with Crippen molar-refractivity contribution in [3.8, 4) is 11.1 Å². The van der Waals surface area contributed by atoms with Crippen LogP contribution >= 0.6 is 0 Å². The van der Waals surface area contributed by atoms with Crippen LogP contribution in [0.5, 0.6) is 0 Å². The Morgan fingerprint density at radius 1 is 0.889 bits per heavy atom. The first kappa shape index (κ1) is 23.6. The molecule has 3 aromatic rings. The first-order chi connectivity index (χ1) is 17.5. The summed E-state index contributed by atoms with van der Waals surface area (Å²) in [5, 5.41) is 12.8. The first-order valence-electron chi connectivity index (χ1n) is 11.8. The van der Waals surface area contributed by atoms with E-state index in [1.165, 1.54) is 4.90 Å². The van der Waals surface area contributed by atoms with E-state index < -0.39 is 30.1 Å². The van der Waals surface area contributed by atoms with Crippen molar-refractivity contribution in [1.29, 1.82) is 0 Å². The topological polar surface area (TPSA) is 105 Å². The number of esters is 1. The average Bonchev–Trinajstić information content (AvgIpc) is 3.35. The molecule has 5 rings (SSSR count). The molecule has 0 bridgehead atoms. The maximum absolute atomic E-state index is 12.7. The number of fused-ring (bicyclic) bond motifs is 3. The Kier molecular flexibility index (Phi) is 6.69. The zero-order valence-electron chi connectivity index (χ0n) is 19.5. The van der Waals surface area contributed by atoms with E-state index in [1.807, 2.05) is 78.9 Å². The van der Waals surface area contributed by atoms with Gasteiger partial charge in [-0.05, 0) is 27.8 Å². The second-order valence-corrected chi connectivity index (χ2v) is 8.88. The van der Waals surface area contributed by atoms with Crippen LogP contribution in [0.1, 0.15) is 22.6 Å². The van der Waals surface area contributed by atoms with Gasteiger partial charge in [0.15, 0.2) is 0 Å². The second-order valence-electron chi connectivity index (χ2n) is 8.88. The summed E-state index contributed by atoms with van der Waals surface area (Å²) in [6.07, 6.45) is -1.97. The lowest BCUT2D eigenvalue weighted by Gasteiger charge is -2.18. The molecule has 1 heterocycles. The minimum Gasteiger partial charge on any atom is -0.459 e. The summed E-state index contributed by atoms with van der Waals surface area (Å²) in [7, 11) is 0. The Morgan fingerprint density at radius 2 is 1.50 bits per heavy atom. The van der Waals surface area contributed by atoms with Crippen molar-refractivity contribution in [2.24, 2.45) is 0 Å². The van der Waals surface area contributed by atoms with Gasteiger partial charge in [0.1, 0.15) is 31.9 Å². The highest BCUT2D eigenvalue weighted by Crippen LogP contribution is 2.44. The van der Waals surface area contributed by atoms with Crippen molar-refractivity contribution in [1.82, 2.24) is 10.2 Å². The number of carbonyl (C=O) groups excluding carboxylic acids is 3. The summed E-state index contributed by atoms with van der Waals surface area (Å²) in [4.78, 5) is 38.7. The molecule has 0 unspecified atom stereocenters. The normalized spacial score (nSPS) is 18.5. The minimum atomic E-state index is -1.19. The van der Waals surface area contributed by atoms with Crippen LogP contribution in [0.2, 0.25) is 0 Å². The second kappa shape index (κ2) is 10.2. The van der Waals surface area contributed by atoms with Crippen molar-refractivity contribution in [2.45, 2.75) is 24.7 Å². The highest BCUT2D eigenvalue weighted by molar-refractivity contribution is 5.91. The lowest BCUT2D eigenvalue weighted by atomic mass is 9.98. The number of nitrogens with zero attached hydrogens (tertiary/aromatic N) is 1. The number of hydrogen-bond acceptors (Lipinski definition) is 6. The van der Waals surface area contributed by atoms with E-state index in [0.29, 0.717) is 0 Å². The molecule has 1 fully saturated rings. The van der Waals surface area contributed by atoms with Crippen molar-refractivity contribution >= 4 is 18.0 Å². The Morgan fingerprint density at radius 3 is 2.17 bits per heavy atom. The van der Waals surface area contributed by atoms with E-state index in [1.54, 1.807) is 0 Å². The van der Waals surface area contributed by atoms with E-state index in [4.69, 9.17) is 9.47 Å². The van der Waals surface area contributed by atoms with Gasteiger partial charge in [-0.3, -0.25) is 9.59 Å². The SMILES string of the molecule is O=C(CN1C[C@H](O)[C@H](NC(=O)OCC2c3ccccc3-c3ccccc32)C1=O)OCc1ccccc1. The fourth-order valence-electron chi connectivity index (χ4n) is 4.79. The maximum atomic E-state index is 12.7. The minimum absolute atomic E-state index is 0.0890. The highest BCUT2D eigenvalue weighted by Gasteiger charge is 2.42. The molecule has 0 saturated carbocycles. The fraction of sp³-hybridized carbons (Fsp3) is 0.250. The smallest absolute Gasteiger partial charge is 0.407 e. The van der Waals surface area contributed by atoms with Gasteiger partial charge >= 0.3 is 12.1 Å². The summed E-state index contributed by atoms with van der Waals surface area (Å²) >= 11 is 0. The van der Waals surface area contributed by atoms with Crippen molar-refractivity contribution < 1.29 is 29.0 Å². The van der Waals surface area contributed by atoms with Gasteiger partial charge in [0, 0.05) is 12.5 Å². The lowest BCUT2D eigenvalue weighted by Crippen LogP contribution is -2.46. The number of carbonyl (C=O) groups is 3. The third-order valence-electron chi connectivity index (χ3n) is 6.55. The standard InChI is InChI=1S/C28H26N2O6/c31-24-14-30(15-25(32)35-16-18-8-2-1-3-9-18)27(33)26(24)29-28(34)36-17-23-21-12-6-4-10-19(21)20-11-5-7-13-22(20)23/h1-13,23-24,26,31H,14-17H2,(H,29,34)/t24-,26-/m0/s1. The molecule has 1 saturated heterocycles. The Bertz CT molecular complexity index is 1230. The summed E-state index contributed by atoms with van der Waals surface area (Å²) in [6.45, 7) is -0.225. The molecule has 8 nitrogen and oxygen atoms in total. The molecular formula is C28H26N2O6. The van der Waals surface area contributed by atoms with Crippen LogP contribution in [0.3, 0.4) is 0 Å². The number of rotatable bonds is 7. The van der Waals surface area contributed by atoms with Crippen LogP contribution in [0.4, 0.5) is 4.79 Å². The number of β-amino-alcohol motifs (C(OH)–C–C–N with tert-alkyl or cyclic N) is 1. The van der Waals surface area contributed by atoms with Crippen LogP contribution in [0, 0.1) is 0 Å². The predicted molar refractivity (Wildman–Crippen MR) is 131 cm³/mol. The van der Waals surface area contributed by atoms with E-state index in [-0.39, 0.29) is 32.2 Å². The number of amides is 2. The molecule has 184 valence electrons. The molecule has 3 aromatic carbocycles. The predicted octanol–water partition coefficient (Wildman–Crippen LogP) is 2.84. The first-order valence-corrected chi connectivity index (χ1v) is 11.8. The molecule has 2 atom stereocenters. The molecule has 2 amide bonds. The number of ether oxygens (including phenoxy) is 2. The molecule has 2 N–H and O–H groups in total. The Hall–Kier alpha value is -4.17. The number of nitrogens with one attached hydrogen (secondary N) is 1. The largest absolute Gasteiger partial charge is 0.459 e. The molecule has 1 aliphatic carbocycles. The van der Waals surface area contributed by atoms with Crippen molar-refractivity contribution in [3.05, 3.63) is 95.6 Å². The molecule has 2 aliphatic rings. The summed E-state index contributed by atoms with van der Waals surface area (Å²) in [5.41, 5.74) is 5.19. The number of aliphatic hydroxyl groups excluding tert-OH is 1. The Labute approximate surface area is 208 Å². The molecule has 0 radical (unpaired) electrons. The van der Waals surface area contributed by atoms with E-state index >= 15 is 0 Å². The maximum Gasteiger partial charge on any atom is 0.407 e. The summed E-state index contributed by atoms with van der Waals surface area (Å²) in [5.74, 6) is -1.28. The van der Waals surface area contributed by atoms with Crippen LogP contribution in [0.25, 0.3) is 11.1 Å². The van der Waals surface area contributed by atoms with Gasteiger partial charge < -0.3 is 24.8 Å². The molecule has 36 heavy (non-hydrogen) atoms. The van der Waals surface area contributed by atoms with Crippen LogP contribution < -0.4 is 5.32 Å². The lowest BCUT2D eigenvalue weighted by molar-refractivity contribution is -0.149. The molecular weight excluding hydrogens is 460 g/mol. The van der Waals surface area contributed by atoms with Gasteiger partial charge in [-0.25, -0.2) is 4.79 Å². The third-order valence-corrected chi connectivity index (χ3v) is 6.55. The van der Waals surface area contributed by atoms with E-state index in [0.717, 1.165) is 27.8 Å².